The molecular weight excluding hydrogens is 320 g/mol. The average Bonchev–Trinajstić information content (AvgIpc) is 3.26. The van der Waals surface area contributed by atoms with Crippen LogP contribution in [0.25, 0.3) is 0 Å². The summed E-state index contributed by atoms with van der Waals surface area (Å²) in [4.78, 5) is 18.9. The van der Waals surface area contributed by atoms with E-state index >= 15 is 0 Å². The number of nitrogens with zero attached hydrogens (tertiary/aromatic N) is 2. The molecule has 3 atom stereocenters. The van der Waals surface area contributed by atoms with Crippen molar-refractivity contribution in [2.75, 3.05) is 13.2 Å². The molecule has 6 heteroatoms. The average molecular weight is 342 g/mol. The first kappa shape index (κ1) is 16.3. The normalized spacial score (nSPS) is 25.8. The van der Waals surface area contributed by atoms with Gasteiger partial charge in [0, 0.05) is 18.9 Å². The number of hydrogen-bond acceptors (Lipinski definition) is 5. The molecule has 2 aliphatic rings. The number of carbonyl (C=O) groups is 1. The molecule has 1 aliphatic carbocycles. The number of ether oxygens (including phenoxy) is 2. The Bertz CT molecular complexity index is 730. The lowest BCUT2D eigenvalue weighted by Gasteiger charge is -2.39. The second kappa shape index (κ2) is 6.98. The fourth-order valence-corrected chi connectivity index (χ4v) is 3.79. The number of hydrogen-bond donors (Lipinski definition) is 0. The highest BCUT2D eigenvalue weighted by atomic mass is 16.5. The van der Waals surface area contributed by atoms with E-state index in [1.807, 2.05) is 30.2 Å². The molecule has 1 amide bonds. The SMILES string of the molecule is Cc1occc1C(=O)N1CCO[C@@H]2[C@H]1CC[C@H]2OCc1cccnc1. The zero-order chi connectivity index (χ0) is 17.2. The van der Waals surface area contributed by atoms with Gasteiger partial charge in [-0.15, -0.1) is 0 Å². The highest BCUT2D eigenvalue weighted by molar-refractivity contribution is 5.95. The van der Waals surface area contributed by atoms with Crippen LogP contribution in [-0.4, -0.2) is 47.2 Å². The standard InChI is InChI=1S/C19H22N2O4/c1-13-15(6-9-23-13)19(22)21-8-10-24-18-16(21)4-5-17(18)25-12-14-3-2-7-20-11-14/h2-3,6-7,9,11,16-18H,4-5,8,10,12H2,1H3/t16-,17-,18-/m1/s1. The molecule has 0 unspecified atom stereocenters. The van der Waals surface area contributed by atoms with Crippen LogP contribution in [0.1, 0.15) is 34.5 Å². The van der Waals surface area contributed by atoms with Crippen LogP contribution in [0.15, 0.2) is 41.3 Å². The van der Waals surface area contributed by atoms with Crippen LogP contribution >= 0.6 is 0 Å². The van der Waals surface area contributed by atoms with E-state index in [0.717, 1.165) is 18.4 Å². The van der Waals surface area contributed by atoms with Gasteiger partial charge in [0.05, 0.1) is 37.2 Å². The summed E-state index contributed by atoms with van der Waals surface area (Å²) in [5.74, 6) is 0.688. The van der Waals surface area contributed by atoms with Gasteiger partial charge in [-0.05, 0) is 37.5 Å². The van der Waals surface area contributed by atoms with Gasteiger partial charge in [0.25, 0.3) is 5.91 Å². The Morgan fingerprint density at radius 3 is 3.08 bits per heavy atom. The van der Waals surface area contributed by atoms with E-state index < -0.39 is 0 Å². The molecule has 0 N–H and O–H groups in total. The summed E-state index contributed by atoms with van der Waals surface area (Å²) in [6, 6.07) is 5.71. The molecule has 1 saturated heterocycles. The Morgan fingerprint density at radius 1 is 1.40 bits per heavy atom. The molecule has 6 nitrogen and oxygen atoms in total. The van der Waals surface area contributed by atoms with Crippen LogP contribution in [0.5, 0.6) is 0 Å². The number of furan rings is 1. The third-order valence-corrected chi connectivity index (χ3v) is 5.07. The first-order valence-corrected chi connectivity index (χ1v) is 8.71. The Kier molecular flexibility index (Phi) is 4.55. The van der Waals surface area contributed by atoms with Gasteiger partial charge in [0.2, 0.25) is 0 Å². The van der Waals surface area contributed by atoms with Gasteiger partial charge < -0.3 is 18.8 Å². The molecule has 0 radical (unpaired) electrons. The van der Waals surface area contributed by atoms with Crippen molar-refractivity contribution in [3.8, 4) is 0 Å². The maximum absolute atomic E-state index is 12.9. The van der Waals surface area contributed by atoms with Crippen molar-refractivity contribution in [1.82, 2.24) is 9.88 Å². The van der Waals surface area contributed by atoms with Crippen LogP contribution in [-0.2, 0) is 16.1 Å². The molecule has 4 rings (SSSR count). The van der Waals surface area contributed by atoms with Crippen molar-refractivity contribution < 1.29 is 18.7 Å². The molecule has 0 bridgehead atoms. The van der Waals surface area contributed by atoms with Crippen molar-refractivity contribution in [1.29, 1.82) is 0 Å². The number of rotatable bonds is 4. The smallest absolute Gasteiger partial charge is 0.257 e. The zero-order valence-corrected chi connectivity index (χ0v) is 14.3. The predicted octanol–water partition coefficient (Wildman–Crippen LogP) is 2.57. The maximum atomic E-state index is 12.9. The largest absolute Gasteiger partial charge is 0.469 e. The maximum Gasteiger partial charge on any atom is 0.257 e. The lowest BCUT2D eigenvalue weighted by molar-refractivity contribution is -0.108. The van der Waals surface area contributed by atoms with E-state index in [-0.39, 0.29) is 24.2 Å². The molecular formula is C19H22N2O4. The summed E-state index contributed by atoms with van der Waals surface area (Å²) in [7, 11) is 0. The number of carbonyl (C=O) groups excluding carboxylic acids is 1. The summed E-state index contributed by atoms with van der Waals surface area (Å²) in [5, 5.41) is 0. The summed E-state index contributed by atoms with van der Waals surface area (Å²) in [6.07, 6.45) is 6.85. The lowest BCUT2D eigenvalue weighted by atomic mass is 10.1. The van der Waals surface area contributed by atoms with Crippen molar-refractivity contribution in [2.24, 2.45) is 0 Å². The number of fused-ring (bicyclic) bond motifs is 1. The quantitative estimate of drug-likeness (QED) is 0.854. The third-order valence-electron chi connectivity index (χ3n) is 5.07. The van der Waals surface area contributed by atoms with Crippen molar-refractivity contribution >= 4 is 5.91 Å². The fourth-order valence-electron chi connectivity index (χ4n) is 3.79. The first-order valence-electron chi connectivity index (χ1n) is 8.71. The number of aromatic nitrogens is 1. The van der Waals surface area contributed by atoms with Gasteiger partial charge in [0.1, 0.15) is 11.9 Å². The fraction of sp³-hybridized carbons (Fsp3) is 0.474. The molecule has 2 fully saturated rings. The molecule has 1 saturated carbocycles. The Hall–Kier alpha value is -2.18. The van der Waals surface area contributed by atoms with Gasteiger partial charge in [-0.2, -0.15) is 0 Å². The number of morpholine rings is 1. The number of amides is 1. The Morgan fingerprint density at radius 2 is 2.32 bits per heavy atom. The van der Waals surface area contributed by atoms with Crippen molar-refractivity contribution in [3.63, 3.8) is 0 Å². The van der Waals surface area contributed by atoms with E-state index in [4.69, 9.17) is 13.9 Å². The van der Waals surface area contributed by atoms with E-state index in [9.17, 15) is 4.79 Å². The minimum atomic E-state index is -0.0680. The van der Waals surface area contributed by atoms with E-state index in [0.29, 0.717) is 31.1 Å². The van der Waals surface area contributed by atoms with Crippen molar-refractivity contribution in [3.05, 3.63) is 53.7 Å². The number of pyridine rings is 1. The van der Waals surface area contributed by atoms with Crippen LogP contribution in [0, 0.1) is 6.92 Å². The monoisotopic (exact) mass is 342 g/mol. The molecule has 0 aromatic carbocycles. The zero-order valence-electron chi connectivity index (χ0n) is 14.3. The summed E-state index contributed by atoms with van der Waals surface area (Å²) < 4.78 is 17.3. The van der Waals surface area contributed by atoms with Gasteiger partial charge in [-0.3, -0.25) is 9.78 Å². The molecule has 3 heterocycles. The van der Waals surface area contributed by atoms with Crippen molar-refractivity contribution in [2.45, 2.75) is 44.6 Å². The summed E-state index contributed by atoms with van der Waals surface area (Å²) in [6.45, 7) is 3.48. The minimum absolute atomic E-state index is 0.00579. The second-order valence-electron chi connectivity index (χ2n) is 6.58. The third kappa shape index (κ3) is 3.19. The van der Waals surface area contributed by atoms with E-state index in [2.05, 4.69) is 4.98 Å². The highest BCUT2D eigenvalue weighted by Gasteiger charge is 2.45. The molecule has 0 spiro atoms. The van der Waals surface area contributed by atoms with Gasteiger partial charge in [-0.1, -0.05) is 6.07 Å². The predicted molar refractivity (Wildman–Crippen MR) is 90.1 cm³/mol. The highest BCUT2D eigenvalue weighted by Crippen LogP contribution is 2.33. The van der Waals surface area contributed by atoms with Gasteiger partial charge in [-0.25, -0.2) is 0 Å². The molecule has 2 aromatic heterocycles. The van der Waals surface area contributed by atoms with Gasteiger partial charge >= 0.3 is 0 Å². The number of aryl methyl sites for hydroxylation is 1. The topological polar surface area (TPSA) is 64.8 Å². The minimum Gasteiger partial charge on any atom is -0.469 e. The van der Waals surface area contributed by atoms with E-state index in [1.54, 1.807) is 18.5 Å². The summed E-state index contributed by atoms with van der Waals surface area (Å²) in [5.41, 5.74) is 1.68. The van der Waals surface area contributed by atoms with Crippen LogP contribution in [0.3, 0.4) is 0 Å². The first-order chi connectivity index (χ1) is 12.2. The van der Waals surface area contributed by atoms with Crippen LogP contribution in [0.2, 0.25) is 0 Å². The second-order valence-corrected chi connectivity index (χ2v) is 6.58. The molecule has 1 aliphatic heterocycles. The van der Waals surface area contributed by atoms with Crippen LogP contribution in [0.4, 0.5) is 0 Å². The molecule has 25 heavy (non-hydrogen) atoms. The van der Waals surface area contributed by atoms with Gasteiger partial charge in [0.15, 0.2) is 0 Å². The Labute approximate surface area is 146 Å². The molecule has 132 valence electrons. The molecule has 2 aromatic rings. The van der Waals surface area contributed by atoms with Crippen LogP contribution < -0.4 is 0 Å². The lowest BCUT2D eigenvalue weighted by Crippen LogP contribution is -2.53. The summed E-state index contributed by atoms with van der Waals surface area (Å²) >= 11 is 0. The Balaban J connectivity index is 1.43. The van der Waals surface area contributed by atoms with E-state index in [1.165, 1.54) is 0 Å².